The van der Waals surface area contributed by atoms with Gasteiger partial charge in [-0.15, -0.1) is 0 Å². The normalized spacial score (nSPS) is 10.8. The van der Waals surface area contributed by atoms with Gasteiger partial charge in [-0.1, -0.05) is 24.3 Å². The van der Waals surface area contributed by atoms with Gasteiger partial charge in [0.2, 0.25) is 0 Å². The zero-order valence-corrected chi connectivity index (χ0v) is 14.4. The maximum atomic E-state index is 12.4. The van der Waals surface area contributed by atoms with Crippen LogP contribution in [0.15, 0.2) is 48.5 Å². The lowest BCUT2D eigenvalue weighted by atomic mass is 10.1. The number of amides is 1. The summed E-state index contributed by atoms with van der Waals surface area (Å²) in [5.41, 5.74) is 5.30. The van der Waals surface area contributed by atoms with Crippen molar-refractivity contribution in [3.05, 3.63) is 65.4 Å². The standard InChI is InChI=1S/C20H23N3O/c1-14-17(18-9-4-5-10-19(18)22-14)11-12-21-20(24)15-7-6-8-16(13-15)23(2)3/h4-10,13,22H,11-12H2,1-3H3,(H,21,24). The third-order valence-electron chi connectivity index (χ3n) is 4.31. The third kappa shape index (κ3) is 3.27. The minimum absolute atomic E-state index is 0.0313. The van der Waals surface area contributed by atoms with E-state index in [0.29, 0.717) is 12.1 Å². The number of nitrogens with zero attached hydrogens (tertiary/aromatic N) is 1. The molecule has 0 bridgehead atoms. The first-order valence-electron chi connectivity index (χ1n) is 8.18. The number of carbonyl (C=O) groups is 1. The molecule has 0 fully saturated rings. The molecule has 0 aliphatic carbocycles. The van der Waals surface area contributed by atoms with Crippen molar-refractivity contribution in [3.8, 4) is 0 Å². The smallest absolute Gasteiger partial charge is 0.251 e. The summed E-state index contributed by atoms with van der Waals surface area (Å²) in [7, 11) is 3.94. The summed E-state index contributed by atoms with van der Waals surface area (Å²) < 4.78 is 0. The van der Waals surface area contributed by atoms with Crippen LogP contribution in [0.4, 0.5) is 5.69 Å². The first-order valence-corrected chi connectivity index (χ1v) is 8.18. The molecule has 3 rings (SSSR count). The van der Waals surface area contributed by atoms with Gasteiger partial charge in [-0.05, 0) is 43.2 Å². The summed E-state index contributed by atoms with van der Waals surface area (Å²) in [5, 5.41) is 4.26. The Balaban J connectivity index is 1.66. The van der Waals surface area contributed by atoms with E-state index in [1.165, 1.54) is 16.6 Å². The van der Waals surface area contributed by atoms with Gasteiger partial charge in [0, 0.05) is 48.5 Å². The van der Waals surface area contributed by atoms with Crippen LogP contribution in [0.2, 0.25) is 0 Å². The predicted molar refractivity (Wildman–Crippen MR) is 99.8 cm³/mol. The van der Waals surface area contributed by atoms with E-state index in [1.54, 1.807) is 0 Å². The average molecular weight is 321 g/mol. The van der Waals surface area contributed by atoms with Crippen LogP contribution >= 0.6 is 0 Å². The van der Waals surface area contributed by atoms with Crippen molar-refractivity contribution >= 4 is 22.5 Å². The lowest BCUT2D eigenvalue weighted by Crippen LogP contribution is -2.26. The quantitative estimate of drug-likeness (QED) is 0.755. The fraction of sp³-hybridized carbons (Fsp3) is 0.250. The fourth-order valence-electron chi connectivity index (χ4n) is 2.99. The van der Waals surface area contributed by atoms with Gasteiger partial charge in [-0.2, -0.15) is 0 Å². The van der Waals surface area contributed by atoms with Gasteiger partial charge in [-0.3, -0.25) is 4.79 Å². The summed E-state index contributed by atoms with van der Waals surface area (Å²) in [6.45, 7) is 2.70. The van der Waals surface area contributed by atoms with E-state index in [-0.39, 0.29) is 5.91 Å². The number of anilines is 1. The molecule has 0 aliphatic heterocycles. The number of aromatic amines is 1. The molecule has 4 heteroatoms. The molecule has 0 radical (unpaired) electrons. The van der Waals surface area contributed by atoms with Gasteiger partial charge in [0.1, 0.15) is 0 Å². The van der Waals surface area contributed by atoms with E-state index in [9.17, 15) is 4.79 Å². The second-order valence-corrected chi connectivity index (χ2v) is 6.22. The second-order valence-electron chi connectivity index (χ2n) is 6.22. The Hall–Kier alpha value is -2.75. The van der Waals surface area contributed by atoms with Crippen molar-refractivity contribution in [2.24, 2.45) is 0 Å². The Morgan fingerprint density at radius 3 is 2.71 bits per heavy atom. The number of nitrogens with one attached hydrogen (secondary N) is 2. The molecule has 2 N–H and O–H groups in total. The lowest BCUT2D eigenvalue weighted by Gasteiger charge is -2.13. The van der Waals surface area contributed by atoms with E-state index in [1.807, 2.05) is 55.4 Å². The summed E-state index contributed by atoms with van der Waals surface area (Å²) >= 11 is 0. The Morgan fingerprint density at radius 1 is 1.12 bits per heavy atom. The first-order chi connectivity index (χ1) is 11.6. The minimum atomic E-state index is -0.0313. The van der Waals surface area contributed by atoms with Gasteiger partial charge in [0.15, 0.2) is 0 Å². The molecule has 0 saturated heterocycles. The van der Waals surface area contributed by atoms with Crippen molar-refractivity contribution in [1.82, 2.24) is 10.3 Å². The number of benzene rings is 2. The molecule has 4 nitrogen and oxygen atoms in total. The molecule has 1 heterocycles. The van der Waals surface area contributed by atoms with Crippen molar-refractivity contribution in [2.45, 2.75) is 13.3 Å². The molecule has 2 aromatic carbocycles. The van der Waals surface area contributed by atoms with E-state index >= 15 is 0 Å². The molecule has 24 heavy (non-hydrogen) atoms. The van der Waals surface area contributed by atoms with Gasteiger partial charge in [-0.25, -0.2) is 0 Å². The van der Waals surface area contributed by atoms with Gasteiger partial charge in [0.05, 0.1) is 0 Å². The molecule has 0 atom stereocenters. The predicted octanol–water partition coefficient (Wildman–Crippen LogP) is 3.51. The van der Waals surface area contributed by atoms with E-state index < -0.39 is 0 Å². The van der Waals surface area contributed by atoms with Gasteiger partial charge in [0.25, 0.3) is 5.91 Å². The highest BCUT2D eigenvalue weighted by atomic mass is 16.1. The molecular weight excluding hydrogens is 298 g/mol. The van der Waals surface area contributed by atoms with Crippen LogP contribution in [0, 0.1) is 6.92 Å². The minimum Gasteiger partial charge on any atom is -0.378 e. The van der Waals surface area contributed by atoms with Crippen LogP contribution in [0.3, 0.4) is 0 Å². The third-order valence-corrected chi connectivity index (χ3v) is 4.31. The SMILES string of the molecule is Cc1[nH]c2ccccc2c1CCNC(=O)c1cccc(N(C)C)c1. The number of hydrogen-bond donors (Lipinski definition) is 2. The zero-order valence-electron chi connectivity index (χ0n) is 14.4. The average Bonchev–Trinajstić information content (AvgIpc) is 2.90. The topological polar surface area (TPSA) is 48.1 Å². The Kier molecular flexibility index (Phi) is 4.56. The molecule has 1 amide bonds. The number of aryl methyl sites for hydroxylation is 1. The number of H-pyrrole nitrogens is 1. The fourth-order valence-corrected chi connectivity index (χ4v) is 2.99. The Bertz CT molecular complexity index is 864. The maximum Gasteiger partial charge on any atom is 0.251 e. The summed E-state index contributed by atoms with van der Waals surface area (Å²) in [6.07, 6.45) is 0.814. The number of hydrogen-bond acceptors (Lipinski definition) is 2. The largest absolute Gasteiger partial charge is 0.378 e. The van der Waals surface area contributed by atoms with Gasteiger partial charge >= 0.3 is 0 Å². The molecule has 0 spiro atoms. The van der Waals surface area contributed by atoms with Gasteiger partial charge < -0.3 is 15.2 Å². The second kappa shape index (κ2) is 6.79. The summed E-state index contributed by atoms with van der Waals surface area (Å²) in [6, 6.07) is 15.9. The maximum absolute atomic E-state index is 12.4. The van der Waals surface area contributed by atoms with E-state index in [2.05, 4.69) is 29.4 Å². The molecule has 3 aromatic rings. The summed E-state index contributed by atoms with van der Waals surface area (Å²) in [4.78, 5) is 17.7. The van der Waals surface area contributed by atoms with Crippen LogP contribution in [0.25, 0.3) is 10.9 Å². The highest BCUT2D eigenvalue weighted by Gasteiger charge is 2.10. The zero-order chi connectivity index (χ0) is 17.1. The molecular formula is C20H23N3O. The highest BCUT2D eigenvalue weighted by Crippen LogP contribution is 2.22. The number of rotatable bonds is 5. The van der Waals surface area contributed by atoms with Crippen LogP contribution in [-0.2, 0) is 6.42 Å². The highest BCUT2D eigenvalue weighted by molar-refractivity contribution is 5.95. The van der Waals surface area contributed by atoms with Crippen molar-refractivity contribution in [2.75, 3.05) is 25.5 Å². The molecule has 0 unspecified atom stereocenters. The van der Waals surface area contributed by atoms with Crippen molar-refractivity contribution < 1.29 is 4.79 Å². The number of carbonyl (C=O) groups excluding carboxylic acids is 1. The van der Waals surface area contributed by atoms with Crippen molar-refractivity contribution in [3.63, 3.8) is 0 Å². The number of fused-ring (bicyclic) bond motifs is 1. The monoisotopic (exact) mass is 321 g/mol. The number of aromatic nitrogens is 1. The molecule has 0 saturated carbocycles. The number of para-hydroxylation sites is 1. The summed E-state index contributed by atoms with van der Waals surface area (Å²) in [5.74, 6) is -0.0313. The Labute approximate surface area is 142 Å². The van der Waals surface area contributed by atoms with E-state index in [4.69, 9.17) is 0 Å². The molecule has 124 valence electrons. The first kappa shape index (κ1) is 16.1. The molecule has 1 aromatic heterocycles. The lowest BCUT2D eigenvalue weighted by molar-refractivity contribution is 0.0954. The van der Waals surface area contributed by atoms with Crippen LogP contribution in [0.1, 0.15) is 21.6 Å². The van der Waals surface area contributed by atoms with Crippen LogP contribution in [-0.4, -0.2) is 31.5 Å². The van der Waals surface area contributed by atoms with Crippen LogP contribution < -0.4 is 10.2 Å². The molecule has 0 aliphatic rings. The van der Waals surface area contributed by atoms with E-state index in [0.717, 1.165) is 17.6 Å². The van der Waals surface area contributed by atoms with Crippen LogP contribution in [0.5, 0.6) is 0 Å². The Morgan fingerprint density at radius 2 is 1.92 bits per heavy atom. The van der Waals surface area contributed by atoms with Crippen molar-refractivity contribution in [1.29, 1.82) is 0 Å².